The summed E-state index contributed by atoms with van der Waals surface area (Å²) >= 11 is 8.08. The zero-order valence-electron chi connectivity index (χ0n) is 16.0. The van der Waals surface area contributed by atoms with Gasteiger partial charge in [-0.05, 0) is 24.4 Å². The number of carbonyl (C=O) groups excluding carboxylic acids is 1. The van der Waals surface area contributed by atoms with Crippen molar-refractivity contribution >= 4 is 46.9 Å². The maximum atomic E-state index is 12.4. The summed E-state index contributed by atoms with van der Waals surface area (Å²) in [4.78, 5) is 12.4. The Morgan fingerprint density at radius 2 is 1.79 bits per heavy atom. The second-order valence-corrected chi connectivity index (χ2v) is 8.48. The normalized spacial score (nSPS) is 10.4. The Hall–Kier alpha value is -2.56. The van der Waals surface area contributed by atoms with E-state index < -0.39 is 0 Å². The number of methoxy groups -OCH3 is 3. The number of anilines is 1. The maximum Gasteiger partial charge on any atom is 0.234 e. The van der Waals surface area contributed by atoms with E-state index >= 15 is 0 Å². The quantitative estimate of drug-likeness (QED) is 0.403. The molecule has 1 amide bonds. The van der Waals surface area contributed by atoms with Gasteiger partial charge in [-0.1, -0.05) is 41.3 Å². The average Bonchev–Trinajstić information content (AvgIpc) is 3.12. The van der Waals surface area contributed by atoms with Gasteiger partial charge in [0.15, 0.2) is 19.8 Å². The van der Waals surface area contributed by atoms with Gasteiger partial charge in [0.2, 0.25) is 11.7 Å². The Bertz CT molecular complexity index is 1030. The van der Waals surface area contributed by atoms with E-state index in [0.717, 1.165) is 10.0 Å². The first-order valence-corrected chi connectivity index (χ1v) is 10.6. The predicted octanol–water partition coefficient (Wildman–Crippen LogP) is 4.42. The van der Waals surface area contributed by atoms with Crippen LogP contribution in [0.5, 0.6) is 17.2 Å². The molecule has 0 aliphatic rings. The Morgan fingerprint density at radius 3 is 2.38 bits per heavy atom. The maximum absolute atomic E-state index is 12.4. The number of rotatable bonds is 8. The van der Waals surface area contributed by atoms with Crippen molar-refractivity contribution in [3.8, 4) is 22.9 Å². The Kier molecular flexibility index (Phi) is 7.13. The van der Waals surface area contributed by atoms with Crippen molar-refractivity contribution in [1.82, 2.24) is 9.78 Å². The van der Waals surface area contributed by atoms with Gasteiger partial charge in [0.05, 0.1) is 32.8 Å². The number of amides is 1. The monoisotopic (exact) mass is 449 g/mol. The number of aromatic nitrogens is 2. The molecule has 0 unspecified atom stereocenters. The average molecular weight is 450 g/mol. The predicted molar refractivity (Wildman–Crippen MR) is 118 cm³/mol. The van der Waals surface area contributed by atoms with Crippen molar-refractivity contribution in [2.24, 2.45) is 0 Å². The molecule has 2 aromatic carbocycles. The second-order valence-electron chi connectivity index (χ2n) is 5.63. The summed E-state index contributed by atoms with van der Waals surface area (Å²) < 4.78 is 18.9. The van der Waals surface area contributed by atoms with E-state index in [1.165, 1.54) is 44.4 Å². The summed E-state index contributed by atoms with van der Waals surface area (Å²) in [5, 5.41) is 7.33. The van der Waals surface area contributed by atoms with E-state index in [0.29, 0.717) is 26.9 Å². The number of thioether (sulfide) groups is 1. The number of hydrogen-bond donors (Lipinski definition) is 1. The fraction of sp³-hybridized carbons (Fsp3) is 0.211. The van der Waals surface area contributed by atoms with Crippen molar-refractivity contribution in [2.75, 3.05) is 32.4 Å². The van der Waals surface area contributed by atoms with Gasteiger partial charge in [-0.3, -0.25) is 4.79 Å². The highest BCUT2D eigenvalue weighted by molar-refractivity contribution is 8.01. The van der Waals surface area contributed by atoms with Crippen LogP contribution in [0.3, 0.4) is 0 Å². The van der Waals surface area contributed by atoms with Crippen LogP contribution in [0.2, 0.25) is 0 Å². The Morgan fingerprint density at radius 1 is 1.14 bits per heavy atom. The van der Waals surface area contributed by atoms with Crippen LogP contribution in [-0.4, -0.2) is 42.8 Å². The standard InChI is InChI=1S/C19H19N3O4S3/c1-24-14-9-12(10-15(25-2)17(14)26-3)20-16(23)11-28-18-21-22(19(27)29-18)13-7-5-4-6-8-13/h4-10H,11H2,1-3H3,(H,20,23). The minimum atomic E-state index is -0.184. The van der Waals surface area contributed by atoms with E-state index in [2.05, 4.69) is 10.4 Å². The molecule has 0 fully saturated rings. The fourth-order valence-corrected chi connectivity index (χ4v) is 4.69. The first-order valence-electron chi connectivity index (χ1n) is 8.44. The third kappa shape index (κ3) is 5.08. The van der Waals surface area contributed by atoms with Gasteiger partial charge in [-0.2, -0.15) is 0 Å². The molecule has 0 spiro atoms. The Labute approximate surface area is 181 Å². The molecule has 3 rings (SSSR count). The number of ether oxygens (including phenoxy) is 3. The number of nitrogens with one attached hydrogen (secondary N) is 1. The number of benzene rings is 2. The molecule has 1 N–H and O–H groups in total. The Balaban J connectivity index is 1.67. The molecule has 0 bridgehead atoms. The molecule has 0 aliphatic heterocycles. The topological polar surface area (TPSA) is 74.6 Å². The minimum Gasteiger partial charge on any atom is -0.493 e. The highest BCUT2D eigenvalue weighted by atomic mass is 32.2. The van der Waals surface area contributed by atoms with Crippen molar-refractivity contribution in [3.05, 3.63) is 46.4 Å². The van der Waals surface area contributed by atoms with E-state index in [1.54, 1.807) is 16.8 Å². The van der Waals surface area contributed by atoms with Crippen molar-refractivity contribution in [2.45, 2.75) is 4.34 Å². The van der Waals surface area contributed by atoms with Gasteiger partial charge < -0.3 is 19.5 Å². The van der Waals surface area contributed by atoms with Crippen LogP contribution in [0.25, 0.3) is 5.69 Å². The molecule has 0 aliphatic carbocycles. The summed E-state index contributed by atoms with van der Waals surface area (Å²) in [6.45, 7) is 0. The molecular weight excluding hydrogens is 430 g/mol. The molecular formula is C19H19N3O4S3. The highest BCUT2D eigenvalue weighted by Gasteiger charge is 2.15. The molecule has 7 nitrogen and oxygen atoms in total. The molecule has 1 heterocycles. The van der Waals surface area contributed by atoms with Crippen LogP contribution < -0.4 is 19.5 Å². The molecule has 0 saturated carbocycles. The molecule has 0 radical (unpaired) electrons. The van der Waals surface area contributed by atoms with Gasteiger partial charge in [-0.25, -0.2) is 4.68 Å². The third-order valence-electron chi connectivity index (χ3n) is 3.81. The minimum absolute atomic E-state index is 0.184. The van der Waals surface area contributed by atoms with Crippen LogP contribution >= 0.6 is 35.3 Å². The number of para-hydroxylation sites is 1. The first-order chi connectivity index (χ1) is 14.0. The van der Waals surface area contributed by atoms with Gasteiger partial charge in [0, 0.05) is 17.8 Å². The van der Waals surface area contributed by atoms with Gasteiger partial charge >= 0.3 is 0 Å². The fourth-order valence-electron chi connectivity index (χ4n) is 2.53. The van der Waals surface area contributed by atoms with Crippen molar-refractivity contribution in [3.63, 3.8) is 0 Å². The number of carbonyl (C=O) groups is 1. The largest absolute Gasteiger partial charge is 0.493 e. The lowest BCUT2D eigenvalue weighted by Gasteiger charge is -2.14. The number of hydrogen-bond acceptors (Lipinski definition) is 8. The van der Waals surface area contributed by atoms with Gasteiger partial charge in [0.1, 0.15) is 0 Å². The van der Waals surface area contributed by atoms with Gasteiger partial charge in [-0.15, -0.1) is 5.10 Å². The van der Waals surface area contributed by atoms with Crippen molar-refractivity contribution in [1.29, 1.82) is 0 Å². The van der Waals surface area contributed by atoms with Crippen LogP contribution in [0.4, 0.5) is 5.69 Å². The number of nitrogens with zero attached hydrogens (tertiary/aromatic N) is 2. The van der Waals surface area contributed by atoms with Crippen LogP contribution in [0, 0.1) is 3.95 Å². The molecule has 0 saturated heterocycles. The molecule has 3 aromatic rings. The van der Waals surface area contributed by atoms with Crippen LogP contribution in [-0.2, 0) is 4.79 Å². The lowest BCUT2D eigenvalue weighted by Crippen LogP contribution is -2.14. The summed E-state index contributed by atoms with van der Waals surface area (Å²) in [6.07, 6.45) is 0. The van der Waals surface area contributed by atoms with Gasteiger partial charge in [0.25, 0.3) is 0 Å². The highest BCUT2D eigenvalue weighted by Crippen LogP contribution is 2.40. The third-order valence-corrected chi connectivity index (χ3v) is 6.17. The van der Waals surface area contributed by atoms with E-state index in [-0.39, 0.29) is 11.7 Å². The lowest BCUT2D eigenvalue weighted by molar-refractivity contribution is -0.113. The van der Waals surface area contributed by atoms with Crippen molar-refractivity contribution < 1.29 is 19.0 Å². The zero-order valence-corrected chi connectivity index (χ0v) is 18.5. The summed E-state index contributed by atoms with van der Waals surface area (Å²) in [6, 6.07) is 13.0. The molecule has 29 heavy (non-hydrogen) atoms. The summed E-state index contributed by atoms with van der Waals surface area (Å²) in [5.41, 5.74) is 1.44. The summed E-state index contributed by atoms with van der Waals surface area (Å²) in [5.74, 6) is 1.40. The SMILES string of the molecule is COc1cc(NC(=O)CSc2nn(-c3ccccc3)c(=S)s2)cc(OC)c1OC. The lowest BCUT2D eigenvalue weighted by atomic mass is 10.2. The smallest absolute Gasteiger partial charge is 0.234 e. The summed E-state index contributed by atoms with van der Waals surface area (Å²) in [7, 11) is 4.57. The van der Waals surface area contributed by atoms with Crippen LogP contribution in [0.1, 0.15) is 0 Å². The first kappa shape index (κ1) is 21.2. The zero-order chi connectivity index (χ0) is 20.8. The second kappa shape index (κ2) is 9.77. The van der Waals surface area contributed by atoms with E-state index in [4.69, 9.17) is 26.4 Å². The van der Waals surface area contributed by atoms with Crippen LogP contribution in [0.15, 0.2) is 46.8 Å². The molecule has 10 heteroatoms. The molecule has 1 aromatic heterocycles. The molecule has 152 valence electrons. The molecule has 0 atom stereocenters. The van der Waals surface area contributed by atoms with E-state index in [1.807, 2.05) is 30.3 Å². The van der Waals surface area contributed by atoms with E-state index in [9.17, 15) is 4.79 Å².